The van der Waals surface area contributed by atoms with Crippen molar-refractivity contribution in [1.82, 2.24) is 9.80 Å². The summed E-state index contributed by atoms with van der Waals surface area (Å²) < 4.78 is 11.6. The third-order valence-electron chi connectivity index (χ3n) is 6.33. The topological polar surface area (TPSA) is 63.0 Å². The lowest BCUT2D eigenvalue weighted by Gasteiger charge is -2.29. The van der Waals surface area contributed by atoms with E-state index in [-0.39, 0.29) is 30.9 Å². The van der Waals surface area contributed by atoms with Gasteiger partial charge in [-0.05, 0) is 49.4 Å². The molecule has 35 heavy (non-hydrogen) atoms. The first-order valence-electron chi connectivity index (χ1n) is 12.4. The summed E-state index contributed by atoms with van der Waals surface area (Å²) in [4.78, 5) is 30.3. The Balaban J connectivity index is 1.47. The second kappa shape index (κ2) is 12.4. The molecule has 1 aliphatic rings. The normalized spacial score (nSPS) is 15.2. The number of hydrogen-bond donors (Lipinski definition) is 0. The van der Waals surface area contributed by atoms with Crippen molar-refractivity contribution in [3.63, 3.8) is 0 Å². The van der Waals surface area contributed by atoms with Gasteiger partial charge in [0.2, 0.25) is 11.8 Å². The summed E-state index contributed by atoms with van der Waals surface area (Å²) in [7, 11) is 0. The predicted molar refractivity (Wildman–Crippen MR) is 135 cm³/mol. The van der Waals surface area contributed by atoms with Crippen LogP contribution >= 0.6 is 0 Å². The summed E-state index contributed by atoms with van der Waals surface area (Å²) in [5.74, 6) is 1.41. The lowest BCUT2D eigenvalue weighted by Crippen LogP contribution is -2.46. The van der Waals surface area contributed by atoms with Gasteiger partial charge in [0, 0.05) is 19.7 Å². The Hall–Kier alpha value is -3.38. The molecule has 3 aromatic rings. The third-order valence-corrected chi connectivity index (χ3v) is 6.33. The number of ether oxygens (including phenoxy) is 1. The van der Waals surface area contributed by atoms with Gasteiger partial charge in [0.15, 0.2) is 0 Å². The van der Waals surface area contributed by atoms with Crippen molar-refractivity contribution in [3.8, 4) is 0 Å². The summed E-state index contributed by atoms with van der Waals surface area (Å²) >= 11 is 0. The van der Waals surface area contributed by atoms with Crippen LogP contribution in [0.5, 0.6) is 0 Å². The Morgan fingerprint density at radius 3 is 2.23 bits per heavy atom. The van der Waals surface area contributed by atoms with E-state index in [1.165, 1.54) is 0 Å². The van der Waals surface area contributed by atoms with Crippen molar-refractivity contribution in [2.24, 2.45) is 0 Å². The molecule has 0 N–H and O–H groups in total. The molecule has 1 fully saturated rings. The van der Waals surface area contributed by atoms with Crippen LogP contribution in [0.2, 0.25) is 0 Å². The van der Waals surface area contributed by atoms with Crippen molar-refractivity contribution < 1.29 is 18.7 Å². The Kier molecular flexibility index (Phi) is 8.74. The minimum Gasteiger partial charge on any atom is -0.464 e. The Morgan fingerprint density at radius 2 is 1.60 bits per heavy atom. The quantitative estimate of drug-likeness (QED) is 0.413. The number of carbonyl (C=O) groups excluding carboxylic acids is 2. The third kappa shape index (κ3) is 7.55. The number of carbonyl (C=O) groups is 2. The molecule has 0 radical (unpaired) electrons. The molecule has 1 aromatic heterocycles. The van der Waals surface area contributed by atoms with Gasteiger partial charge < -0.3 is 19.0 Å². The van der Waals surface area contributed by atoms with Crippen molar-refractivity contribution in [2.45, 2.75) is 45.3 Å². The maximum Gasteiger partial charge on any atom is 0.242 e. The van der Waals surface area contributed by atoms with Crippen molar-refractivity contribution in [1.29, 1.82) is 0 Å². The minimum absolute atomic E-state index is 0.0204. The lowest BCUT2D eigenvalue weighted by atomic mass is 10.1. The highest BCUT2D eigenvalue weighted by molar-refractivity contribution is 5.86. The van der Waals surface area contributed by atoms with Gasteiger partial charge in [-0.1, -0.05) is 60.7 Å². The summed E-state index contributed by atoms with van der Waals surface area (Å²) in [6.45, 7) is 3.98. The maximum atomic E-state index is 13.6. The van der Waals surface area contributed by atoms with Crippen LogP contribution in [0.1, 0.15) is 35.5 Å². The first kappa shape index (κ1) is 24.7. The average Bonchev–Trinajstić information content (AvgIpc) is 3.54. The van der Waals surface area contributed by atoms with Crippen LogP contribution in [-0.2, 0) is 33.7 Å². The van der Waals surface area contributed by atoms with Crippen LogP contribution in [0.15, 0.2) is 77.2 Å². The highest BCUT2D eigenvalue weighted by atomic mass is 16.5. The smallest absolute Gasteiger partial charge is 0.242 e. The monoisotopic (exact) mass is 474 g/mol. The molecule has 1 aliphatic heterocycles. The van der Waals surface area contributed by atoms with Crippen molar-refractivity contribution in [3.05, 3.63) is 95.4 Å². The number of amides is 2. The molecule has 4 rings (SSSR count). The molecule has 0 saturated carbocycles. The molecule has 0 aliphatic carbocycles. The van der Waals surface area contributed by atoms with Gasteiger partial charge in [0.25, 0.3) is 0 Å². The highest BCUT2D eigenvalue weighted by Crippen LogP contribution is 2.16. The van der Waals surface area contributed by atoms with E-state index < -0.39 is 0 Å². The van der Waals surface area contributed by atoms with E-state index >= 15 is 0 Å². The van der Waals surface area contributed by atoms with Gasteiger partial charge in [-0.3, -0.25) is 9.59 Å². The number of aryl methyl sites for hydroxylation is 1. The molecular weight excluding hydrogens is 440 g/mol. The largest absolute Gasteiger partial charge is 0.464 e. The first-order chi connectivity index (χ1) is 17.1. The van der Waals surface area contributed by atoms with E-state index in [0.717, 1.165) is 41.9 Å². The molecule has 0 bridgehead atoms. The fraction of sp³-hybridized carbons (Fsp3) is 0.379. The van der Waals surface area contributed by atoms with Gasteiger partial charge in [0.1, 0.15) is 11.5 Å². The van der Waals surface area contributed by atoms with E-state index in [1.54, 1.807) is 9.80 Å². The molecule has 6 heteroatoms. The molecule has 2 heterocycles. The fourth-order valence-electron chi connectivity index (χ4n) is 4.39. The second-order valence-electron chi connectivity index (χ2n) is 9.13. The number of furan rings is 1. The van der Waals surface area contributed by atoms with Gasteiger partial charge in [0.05, 0.1) is 25.6 Å². The molecule has 6 nitrogen and oxygen atoms in total. The number of benzene rings is 2. The number of hydrogen-bond acceptors (Lipinski definition) is 4. The molecule has 1 atom stereocenters. The number of rotatable bonds is 11. The zero-order valence-corrected chi connectivity index (χ0v) is 20.4. The first-order valence-corrected chi connectivity index (χ1v) is 12.4. The van der Waals surface area contributed by atoms with Crippen LogP contribution in [0.3, 0.4) is 0 Å². The van der Waals surface area contributed by atoms with Gasteiger partial charge in [-0.2, -0.15) is 0 Å². The predicted octanol–water partition coefficient (Wildman–Crippen LogP) is 4.41. The molecule has 1 saturated heterocycles. The average molecular weight is 475 g/mol. The molecule has 1 unspecified atom stereocenters. The maximum absolute atomic E-state index is 13.6. The second-order valence-corrected chi connectivity index (χ2v) is 9.13. The van der Waals surface area contributed by atoms with E-state index in [9.17, 15) is 9.59 Å². The Labute approximate surface area is 207 Å². The van der Waals surface area contributed by atoms with Crippen molar-refractivity contribution >= 4 is 11.8 Å². The SMILES string of the molecule is Cc1ccc(CN(CCc2ccccc2)C(=O)CN(CC2CCCO2)C(=O)Cc2ccccc2)o1. The van der Waals surface area contributed by atoms with Gasteiger partial charge in [-0.25, -0.2) is 0 Å². The Morgan fingerprint density at radius 1 is 0.886 bits per heavy atom. The molecule has 2 aromatic carbocycles. The molecule has 0 spiro atoms. The van der Waals surface area contributed by atoms with E-state index in [4.69, 9.17) is 9.15 Å². The van der Waals surface area contributed by atoms with Crippen LogP contribution in [0.4, 0.5) is 0 Å². The molecule has 184 valence electrons. The zero-order valence-electron chi connectivity index (χ0n) is 20.4. The highest BCUT2D eigenvalue weighted by Gasteiger charge is 2.26. The van der Waals surface area contributed by atoms with E-state index in [0.29, 0.717) is 26.2 Å². The minimum atomic E-state index is -0.0885. The Bertz CT molecular complexity index is 1070. The summed E-state index contributed by atoms with van der Waals surface area (Å²) in [6, 6.07) is 23.6. The summed E-state index contributed by atoms with van der Waals surface area (Å²) in [6.07, 6.45) is 2.87. The molecular formula is C29H34N2O4. The van der Waals surface area contributed by atoms with Crippen LogP contribution in [-0.4, -0.2) is 54.0 Å². The van der Waals surface area contributed by atoms with Crippen LogP contribution < -0.4 is 0 Å². The molecule has 2 amide bonds. The summed E-state index contributed by atoms with van der Waals surface area (Å²) in [5, 5.41) is 0. The lowest BCUT2D eigenvalue weighted by molar-refractivity contribution is -0.141. The van der Waals surface area contributed by atoms with Crippen LogP contribution in [0.25, 0.3) is 0 Å². The van der Waals surface area contributed by atoms with E-state index in [1.807, 2.05) is 67.6 Å². The fourth-order valence-corrected chi connectivity index (χ4v) is 4.39. The standard InChI is InChI=1S/C29H34N2O4/c1-23-14-15-27(35-23)21-30(17-16-24-9-4-2-5-10-24)29(33)22-31(20-26-13-8-18-34-26)28(32)19-25-11-6-3-7-12-25/h2-7,9-12,14-15,26H,8,13,16-22H2,1H3. The van der Waals surface area contributed by atoms with Gasteiger partial charge >= 0.3 is 0 Å². The van der Waals surface area contributed by atoms with Gasteiger partial charge in [-0.15, -0.1) is 0 Å². The number of nitrogens with zero attached hydrogens (tertiary/aromatic N) is 2. The van der Waals surface area contributed by atoms with E-state index in [2.05, 4.69) is 12.1 Å². The zero-order chi connectivity index (χ0) is 24.5. The van der Waals surface area contributed by atoms with Crippen molar-refractivity contribution in [2.75, 3.05) is 26.2 Å². The summed E-state index contributed by atoms with van der Waals surface area (Å²) in [5.41, 5.74) is 2.10. The van der Waals surface area contributed by atoms with Crippen LogP contribution in [0, 0.1) is 6.92 Å².